The van der Waals surface area contributed by atoms with Crippen molar-refractivity contribution in [2.45, 2.75) is 56.3 Å². The predicted molar refractivity (Wildman–Crippen MR) is 48.2 cm³/mol. The summed E-state index contributed by atoms with van der Waals surface area (Å²) in [6, 6.07) is 0. The first-order chi connectivity index (χ1) is 4.95. The van der Waals surface area contributed by atoms with Crippen LogP contribution >= 0.6 is 8.58 Å². The monoisotopic (exact) mass is 156 g/mol. The van der Waals surface area contributed by atoms with Gasteiger partial charge in [-0.15, -0.1) is 8.58 Å². The summed E-state index contributed by atoms with van der Waals surface area (Å²) < 4.78 is 0. The van der Waals surface area contributed by atoms with Crippen LogP contribution in [-0.2, 0) is 0 Å². The highest BCUT2D eigenvalue weighted by molar-refractivity contribution is 7.40. The lowest BCUT2D eigenvalue weighted by molar-refractivity contribution is 0.513. The Hall–Kier alpha value is 0.430. The van der Waals surface area contributed by atoms with Gasteiger partial charge in [-0.1, -0.05) is 19.3 Å². The molecule has 0 amide bonds. The van der Waals surface area contributed by atoms with Gasteiger partial charge in [0, 0.05) is 0 Å². The fourth-order valence-electron chi connectivity index (χ4n) is 1.85. The van der Waals surface area contributed by atoms with Crippen molar-refractivity contribution in [2.24, 2.45) is 0 Å². The van der Waals surface area contributed by atoms with Crippen LogP contribution in [0.5, 0.6) is 0 Å². The van der Waals surface area contributed by atoms with E-state index >= 15 is 0 Å². The number of hydrogen-bond donors (Lipinski definition) is 0. The Bertz CT molecular complexity index is 101. The lowest BCUT2D eigenvalue weighted by Gasteiger charge is -2.20. The van der Waals surface area contributed by atoms with Crippen molar-refractivity contribution < 1.29 is 0 Å². The highest BCUT2D eigenvalue weighted by Crippen LogP contribution is 2.46. The zero-order valence-corrected chi connectivity index (χ0v) is 7.60. The summed E-state index contributed by atoms with van der Waals surface area (Å²) in [6.07, 6.45) is 10.8. The second-order valence-electron chi connectivity index (χ2n) is 3.78. The molecule has 1 unspecified atom stereocenters. The van der Waals surface area contributed by atoms with Crippen molar-refractivity contribution in [1.29, 1.82) is 0 Å². The second-order valence-corrected chi connectivity index (χ2v) is 5.74. The predicted octanol–water partition coefficient (Wildman–Crippen LogP) is 3.16. The lowest BCUT2D eigenvalue weighted by Crippen LogP contribution is -2.06. The van der Waals surface area contributed by atoms with E-state index in [-0.39, 0.29) is 0 Å². The van der Waals surface area contributed by atoms with Crippen molar-refractivity contribution in [2.75, 3.05) is 0 Å². The molecule has 0 nitrogen and oxygen atoms in total. The summed E-state index contributed by atoms with van der Waals surface area (Å²) in [5.41, 5.74) is 2.37. The van der Waals surface area contributed by atoms with E-state index in [1.54, 1.807) is 25.7 Å². The average molecular weight is 156 g/mol. The summed E-state index contributed by atoms with van der Waals surface area (Å²) in [5, 5.41) is 0. The minimum absolute atomic E-state index is 1.17. The van der Waals surface area contributed by atoms with Crippen molar-refractivity contribution in [3.63, 3.8) is 0 Å². The summed E-state index contributed by atoms with van der Waals surface area (Å²) in [4.78, 5) is 0. The maximum Gasteiger partial charge on any atom is -0.0234 e. The minimum atomic E-state index is 1.17. The smallest absolute Gasteiger partial charge is 0.0234 e. The molecular formula is C9H17P. The third kappa shape index (κ3) is 1.95. The largest absolute Gasteiger partial charge is 0.116 e. The van der Waals surface area contributed by atoms with E-state index in [0.717, 1.165) is 0 Å². The van der Waals surface area contributed by atoms with E-state index in [0.29, 0.717) is 0 Å². The van der Waals surface area contributed by atoms with Gasteiger partial charge in [0.25, 0.3) is 0 Å². The molecule has 2 rings (SSSR count). The number of rotatable bonds is 2. The van der Waals surface area contributed by atoms with Crippen LogP contribution in [0.2, 0.25) is 0 Å². The molecule has 0 aromatic carbocycles. The first-order valence-corrected chi connectivity index (χ1v) is 5.87. The van der Waals surface area contributed by atoms with E-state index in [4.69, 9.17) is 0 Å². The maximum absolute atomic E-state index is 1.56. The van der Waals surface area contributed by atoms with Gasteiger partial charge < -0.3 is 0 Å². The Morgan fingerprint density at radius 3 is 1.90 bits per heavy atom. The van der Waals surface area contributed by atoms with E-state index in [1.165, 1.54) is 39.2 Å². The molecule has 2 fully saturated rings. The van der Waals surface area contributed by atoms with Gasteiger partial charge in [0.05, 0.1) is 0 Å². The summed E-state index contributed by atoms with van der Waals surface area (Å²) >= 11 is 0. The number of hydrogen-bond acceptors (Lipinski definition) is 0. The Balaban J connectivity index is 1.69. The fourth-order valence-corrected chi connectivity index (χ4v) is 3.76. The topological polar surface area (TPSA) is 0 Å². The van der Waals surface area contributed by atoms with Crippen molar-refractivity contribution in [1.82, 2.24) is 0 Å². The van der Waals surface area contributed by atoms with Gasteiger partial charge in [0.2, 0.25) is 0 Å². The Morgan fingerprint density at radius 2 is 1.30 bits per heavy atom. The molecule has 10 heavy (non-hydrogen) atoms. The van der Waals surface area contributed by atoms with Crippen LogP contribution < -0.4 is 0 Å². The zero-order chi connectivity index (χ0) is 6.81. The molecule has 2 aliphatic rings. The molecule has 1 atom stereocenters. The van der Waals surface area contributed by atoms with Crippen molar-refractivity contribution in [3.05, 3.63) is 0 Å². The second kappa shape index (κ2) is 3.22. The minimum Gasteiger partial charge on any atom is -0.116 e. The Kier molecular flexibility index (Phi) is 2.28. The highest BCUT2D eigenvalue weighted by atomic mass is 31.1. The van der Waals surface area contributed by atoms with E-state index in [1.807, 2.05) is 0 Å². The molecule has 0 heterocycles. The average Bonchev–Trinajstić information content (AvgIpc) is 2.74. The third-order valence-corrected chi connectivity index (χ3v) is 4.75. The van der Waals surface area contributed by atoms with Gasteiger partial charge in [-0.25, -0.2) is 0 Å². The molecule has 2 aliphatic carbocycles. The van der Waals surface area contributed by atoms with Gasteiger partial charge >= 0.3 is 0 Å². The van der Waals surface area contributed by atoms with E-state index in [2.05, 4.69) is 0 Å². The quantitative estimate of drug-likeness (QED) is 0.539. The molecule has 1 heteroatoms. The maximum atomic E-state index is 1.56. The Labute approximate surface area is 65.6 Å². The third-order valence-electron chi connectivity index (χ3n) is 2.65. The molecule has 0 bridgehead atoms. The van der Waals surface area contributed by atoms with Gasteiger partial charge in [-0.2, -0.15) is 0 Å². The molecule has 0 saturated heterocycles. The molecular weight excluding hydrogens is 139 g/mol. The molecule has 0 aliphatic heterocycles. The van der Waals surface area contributed by atoms with Crippen LogP contribution in [0.15, 0.2) is 0 Å². The van der Waals surface area contributed by atoms with Crippen LogP contribution in [0, 0.1) is 0 Å². The fraction of sp³-hybridized carbons (Fsp3) is 1.00. The first kappa shape index (κ1) is 7.10. The van der Waals surface area contributed by atoms with Crippen LogP contribution in [-0.4, -0.2) is 11.3 Å². The summed E-state index contributed by atoms with van der Waals surface area (Å²) in [6.45, 7) is 0. The standard InChI is InChI=1S/C9H17P/c1-2-4-8(5-3-1)10-9-6-7-9/h8-10H,1-7H2. The first-order valence-electron chi connectivity index (χ1n) is 4.71. The Morgan fingerprint density at radius 1 is 0.700 bits per heavy atom. The van der Waals surface area contributed by atoms with Gasteiger partial charge in [-0.3, -0.25) is 0 Å². The van der Waals surface area contributed by atoms with E-state index in [9.17, 15) is 0 Å². The van der Waals surface area contributed by atoms with Crippen LogP contribution in [0.25, 0.3) is 0 Å². The van der Waals surface area contributed by atoms with Gasteiger partial charge in [0.15, 0.2) is 0 Å². The van der Waals surface area contributed by atoms with Crippen LogP contribution in [0.3, 0.4) is 0 Å². The highest BCUT2D eigenvalue weighted by Gasteiger charge is 2.25. The molecule has 0 radical (unpaired) electrons. The molecule has 0 aromatic rings. The van der Waals surface area contributed by atoms with Crippen LogP contribution in [0.4, 0.5) is 0 Å². The normalized spacial score (nSPS) is 30.0. The molecule has 2 saturated carbocycles. The van der Waals surface area contributed by atoms with Crippen molar-refractivity contribution in [3.8, 4) is 0 Å². The van der Waals surface area contributed by atoms with Gasteiger partial charge in [-0.05, 0) is 37.0 Å². The zero-order valence-electron chi connectivity index (χ0n) is 6.60. The summed E-state index contributed by atoms with van der Waals surface area (Å²) in [5.74, 6) is 0. The van der Waals surface area contributed by atoms with Crippen LogP contribution in [0.1, 0.15) is 44.9 Å². The lowest BCUT2D eigenvalue weighted by atomic mass is 10.0. The van der Waals surface area contributed by atoms with Crippen molar-refractivity contribution >= 4 is 8.58 Å². The molecule has 0 aromatic heterocycles. The molecule has 58 valence electrons. The van der Waals surface area contributed by atoms with Gasteiger partial charge in [0.1, 0.15) is 0 Å². The molecule has 0 spiro atoms. The molecule has 0 N–H and O–H groups in total. The SMILES string of the molecule is C1CCC(PC2CC2)CC1. The summed E-state index contributed by atoms with van der Waals surface area (Å²) in [7, 11) is 1.35. The van der Waals surface area contributed by atoms with E-state index < -0.39 is 0 Å².